The Morgan fingerprint density at radius 1 is 1.13 bits per heavy atom. The fourth-order valence-corrected chi connectivity index (χ4v) is 5.60. The minimum atomic E-state index is -1.22. The van der Waals surface area contributed by atoms with Crippen LogP contribution in [-0.4, -0.2) is 47.2 Å². The summed E-state index contributed by atoms with van der Waals surface area (Å²) in [6.45, 7) is 0.698. The average molecular weight is 353 g/mol. The number of thioether (sulfide) groups is 2. The molecule has 0 radical (unpaired) electrons. The fourth-order valence-electron chi connectivity index (χ4n) is 2.74. The van der Waals surface area contributed by atoms with E-state index in [2.05, 4.69) is 5.32 Å². The first-order valence-electron chi connectivity index (χ1n) is 7.58. The number of aliphatic carboxylic acids is 1. The van der Waals surface area contributed by atoms with Crippen LogP contribution in [0, 0.1) is 0 Å². The van der Waals surface area contributed by atoms with Crippen molar-refractivity contribution in [3.05, 3.63) is 35.4 Å². The monoisotopic (exact) mass is 353 g/mol. The number of hydrogen-bond acceptors (Lipinski definition) is 5. The van der Waals surface area contributed by atoms with Gasteiger partial charge in [0.25, 0.3) is 5.91 Å². The topological polar surface area (TPSA) is 75.6 Å². The number of carboxylic acid groups (broad SMARTS) is 1. The van der Waals surface area contributed by atoms with Crippen molar-refractivity contribution in [2.24, 2.45) is 0 Å². The van der Waals surface area contributed by atoms with Gasteiger partial charge in [-0.05, 0) is 17.7 Å². The maximum atomic E-state index is 12.4. The molecule has 0 spiro atoms. The highest BCUT2D eigenvalue weighted by Crippen LogP contribution is 2.45. The molecule has 0 saturated carbocycles. The molecule has 1 aromatic rings. The summed E-state index contributed by atoms with van der Waals surface area (Å²) in [6.07, 6.45) is 0.586. The molecule has 7 heteroatoms. The molecule has 2 aliphatic heterocycles. The Kier molecular flexibility index (Phi) is 5.18. The molecule has 2 aliphatic rings. The Balaban J connectivity index is 1.70. The van der Waals surface area contributed by atoms with Gasteiger partial charge in [0.2, 0.25) is 0 Å². The number of amides is 1. The summed E-state index contributed by atoms with van der Waals surface area (Å²) in [6, 6.07) is 7.47. The van der Waals surface area contributed by atoms with Gasteiger partial charge < -0.3 is 15.2 Å². The van der Waals surface area contributed by atoms with Crippen LogP contribution in [0.5, 0.6) is 0 Å². The van der Waals surface area contributed by atoms with E-state index in [1.54, 1.807) is 12.1 Å². The first-order valence-corrected chi connectivity index (χ1v) is 9.67. The summed E-state index contributed by atoms with van der Waals surface area (Å²) in [4.78, 5) is 24.0. The lowest BCUT2D eigenvalue weighted by Gasteiger charge is -2.33. The van der Waals surface area contributed by atoms with Crippen LogP contribution < -0.4 is 5.32 Å². The van der Waals surface area contributed by atoms with Crippen LogP contribution in [0.4, 0.5) is 0 Å². The highest BCUT2D eigenvalue weighted by molar-refractivity contribution is 8.19. The summed E-state index contributed by atoms with van der Waals surface area (Å²) in [5.41, 5.74) is 0.479. The standard InChI is InChI=1S/C16H19NO4S2/c18-13(17-16(15(19)20)5-7-21-8-6-16)11-1-3-12(4-2-11)14-22-9-10-23-14/h1-4,14H,5-10H2,(H,17,18)(H,19,20). The van der Waals surface area contributed by atoms with E-state index in [1.165, 1.54) is 5.56 Å². The van der Waals surface area contributed by atoms with Crippen LogP contribution >= 0.6 is 23.5 Å². The van der Waals surface area contributed by atoms with Crippen molar-refractivity contribution in [3.8, 4) is 0 Å². The second-order valence-corrected chi connectivity index (χ2v) is 8.37. The number of carbonyl (C=O) groups excluding carboxylic acids is 1. The van der Waals surface area contributed by atoms with Gasteiger partial charge in [-0.1, -0.05) is 12.1 Å². The molecule has 124 valence electrons. The Morgan fingerprint density at radius 3 is 2.30 bits per heavy atom. The summed E-state index contributed by atoms with van der Waals surface area (Å²) in [7, 11) is 0. The maximum Gasteiger partial charge on any atom is 0.329 e. The van der Waals surface area contributed by atoms with E-state index < -0.39 is 11.5 Å². The Labute approximate surface area is 143 Å². The van der Waals surface area contributed by atoms with Crippen LogP contribution in [0.1, 0.15) is 33.3 Å². The third-order valence-corrected chi connectivity index (χ3v) is 7.28. The van der Waals surface area contributed by atoms with Crippen molar-refractivity contribution in [3.63, 3.8) is 0 Å². The molecule has 2 saturated heterocycles. The van der Waals surface area contributed by atoms with E-state index in [9.17, 15) is 14.7 Å². The molecule has 23 heavy (non-hydrogen) atoms. The molecule has 2 heterocycles. The molecule has 0 aromatic heterocycles. The van der Waals surface area contributed by atoms with E-state index >= 15 is 0 Å². The SMILES string of the molecule is O=C(NC1(C(=O)O)CCOCC1)c1ccc(C2SCCS2)cc1. The van der Waals surface area contributed by atoms with Crippen molar-refractivity contribution in [1.29, 1.82) is 0 Å². The minimum absolute atomic E-state index is 0.293. The quantitative estimate of drug-likeness (QED) is 0.866. The third kappa shape index (κ3) is 3.67. The molecule has 5 nitrogen and oxygen atoms in total. The Hall–Kier alpha value is -1.18. The molecule has 2 N–H and O–H groups in total. The molecule has 0 unspecified atom stereocenters. The number of carboxylic acids is 1. The molecule has 1 aromatic carbocycles. The van der Waals surface area contributed by atoms with Gasteiger partial charge in [0.05, 0.1) is 4.58 Å². The lowest BCUT2D eigenvalue weighted by atomic mass is 9.89. The van der Waals surface area contributed by atoms with Gasteiger partial charge in [-0.3, -0.25) is 4.79 Å². The largest absolute Gasteiger partial charge is 0.480 e. The highest BCUT2D eigenvalue weighted by atomic mass is 32.2. The van der Waals surface area contributed by atoms with Crippen molar-refractivity contribution in [1.82, 2.24) is 5.32 Å². The molecule has 3 rings (SSSR count). The summed E-state index contributed by atoms with van der Waals surface area (Å²) >= 11 is 3.82. The zero-order chi connectivity index (χ0) is 16.3. The summed E-state index contributed by atoms with van der Waals surface area (Å²) in [5, 5.41) is 12.2. The van der Waals surface area contributed by atoms with Crippen molar-refractivity contribution >= 4 is 35.4 Å². The van der Waals surface area contributed by atoms with Gasteiger partial charge in [0.15, 0.2) is 0 Å². The Morgan fingerprint density at radius 2 is 1.74 bits per heavy atom. The first-order chi connectivity index (χ1) is 11.1. The van der Waals surface area contributed by atoms with Crippen LogP contribution in [0.2, 0.25) is 0 Å². The average Bonchev–Trinajstić information content (AvgIpc) is 3.10. The summed E-state index contributed by atoms with van der Waals surface area (Å²) in [5.74, 6) is 0.971. The number of nitrogens with one attached hydrogen (secondary N) is 1. The number of ether oxygens (including phenoxy) is 1. The predicted octanol–water partition coefficient (Wildman–Crippen LogP) is 2.53. The normalized spacial score (nSPS) is 21.0. The van der Waals surface area contributed by atoms with Crippen molar-refractivity contribution in [2.45, 2.75) is 23.0 Å². The van der Waals surface area contributed by atoms with Crippen LogP contribution in [0.15, 0.2) is 24.3 Å². The summed E-state index contributed by atoms with van der Waals surface area (Å²) < 4.78 is 5.65. The minimum Gasteiger partial charge on any atom is -0.480 e. The molecule has 0 aliphatic carbocycles. The van der Waals surface area contributed by atoms with E-state index in [0.29, 0.717) is 36.2 Å². The number of benzene rings is 1. The second-order valence-electron chi connectivity index (χ2n) is 5.65. The number of carbonyl (C=O) groups is 2. The zero-order valence-corrected chi connectivity index (χ0v) is 14.3. The molecule has 0 bridgehead atoms. The molecule has 0 atom stereocenters. The predicted molar refractivity (Wildman–Crippen MR) is 92.0 cm³/mol. The van der Waals surface area contributed by atoms with Crippen molar-refractivity contribution < 1.29 is 19.4 Å². The number of rotatable bonds is 4. The van der Waals surface area contributed by atoms with Gasteiger partial charge in [-0.15, -0.1) is 23.5 Å². The first kappa shape index (κ1) is 16.7. The smallest absolute Gasteiger partial charge is 0.329 e. The maximum absolute atomic E-state index is 12.4. The highest BCUT2D eigenvalue weighted by Gasteiger charge is 2.41. The second kappa shape index (κ2) is 7.15. The van der Waals surface area contributed by atoms with Gasteiger partial charge >= 0.3 is 5.97 Å². The Bertz CT molecular complexity index is 578. The van der Waals surface area contributed by atoms with E-state index in [-0.39, 0.29) is 5.91 Å². The molecule has 2 fully saturated rings. The zero-order valence-electron chi connectivity index (χ0n) is 12.6. The van der Waals surface area contributed by atoms with E-state index in [0.717, 1.165) is 11.5 Å². The lowest BCUT2D eigenvalue weighted by Crippen LogP contribution is -2.57. The van der Waals surface area contributed by atoms with Crippen LogP contribution in [-0.2, 0) is 9.53 Å². The number of hydrogen-bond donors (Lipinski definition) is 2. The van der Waals surface area contributed by atoms with Gasteiger partial charge in [-0.2, -0.15) is 0 Å². The van der Waals surface area contributed by atoms with Gasteiger partial charge in [-0.25, -0.2) is 4.79 Å². The van der Waals surface area contributed by atoms with Gasteiger partial charge in [0, 0.05) is 43.1 Å². The third-order valence-electron chi connectivity index (χ3n) is 4.18. The van der Waals surface area contributed by atoms with Crippen LogP contribution in [0.25, 0.3) is 0 Å². The molecule has 1 amide bonds. The van der Waals surface area contributed by atoms with Crippen molar-refractivity contribution in [2.75, 3.05) is 24.7 Å². The molecular formula is C16H19NO4S2. The van der Waals surface area contributed by atoms with E-state index in [4.69, 9.17) is 4.74 Å². The lowest BCUT2D eigenvalue weighted by molar-refractivity contribution is -0.148. The van der Waals surface area contributed by atoms with E-state index in [1.807, 2.05) is 35.7 Å². The van der Waals surface area contributed by atoms with Gasteiger partial charge in [0.1, 0.15) is 5.54 Å². The molecular weight excluding hydrogens is 334 g/mol. The fraction of sp³-hybridized carbons (Fsp3) is 0.500. The van der Waals surface area contributed by atoms with Crippen LogP contribution in [0.3, 0.4) is 0 Å².